The minimum Gasteiger partial charge on any atom is -0.497 e. The molecule has 0 atom stereocenters. The average molecular weight is 384 g/mol. The van der Waals surface area contributed by atoms with Crippen molar-refractivity contribution in [2.24, 2.45) is 5.92 Å². The van der Waals surface area contributed by atoms with Gasteiger partial charge in [-0.2, -0.15) is 0 Å². The third kappa shape index (κ3) is 5.09. The number of nitrogens with one attached hydrogen (secondary N) is 1. The van der Waals surface area contributed by atoms with E-state index in [4.69, 9.17) is 4.74 Å². The number of nitrogens with zero attached hydrogens (tertiary/aromatic N) is 1. The summed E-state index contributed by atoms with van der Waals surface area (Å²) in [5.74, 6) is 0.237. The predicted molar refractivity (Wildman–Crippen MR) is 104 cm³/mol. The Balaban J connectivity index is 1.44. The highest BCUT2D eigenvalue weighted by atomic mass is 19.1. The molecule has 0 unspecified atom stereocenters. The van der Waals surface area contributed by atoms with Gasteiger partial charge in [0.1, 0.15) is 11.6 Å². The summed E-state index contributed by atoms with van der Waals surface area (Å²) in [4.78, 5) is 26.5. The molecule has 3 rings (SSSR count). The van der Waals surface area contributed by atoms with E-state index in [0.717, 1.165) is 11.3 Å². The molecular formula is C22H25FN2O3. The van der Waals surface area contributed by atoms with Crippen molar-refractivity contribution in [3.63, 3.8) is 0 Å². The Labute approximate surface area is 164 Å². The van der Waals surface area contributed by atoms with Crippen LogP contribution in [-0.4, -0.2) is 36.9 Å². The van der Waals surface area contributed by atoms with E-state index in [1.807, 2.05) is 24.3 Å². The number of halogens is 1. The van der Waals surface area contributed by atoms with Crippen molar-refractivity contribution in [3.8, 4) is 5.75 Å². The standard InChI is InChI=1S/C22H25FN2O3/c1-28-19-8-6-16(7-9-19)15-24-22(27)17-10-12-25(13-11-17)21(26)14-18-4-2-3-5-20(18)23/h2-9,17H,10-15H2,1H3,(H,24,27). The molecule has 0 aliphatic carbocycles. The van der Waals surface area contributed by atoms with Crippen molar-refractivity contribution in [3.05, 3.63) is 65.5 Å². The SMILES string of the molecule is COc1ccc(CNC(=O)C2CCN(C(=O)Cc3ccccc3F)CC2)cc1. The zero-order valence-corrected chi connectivity index (χ0v) is 16.0. The van der Waals surface area contributed by atoms with Gasteiger partial charge in [-0.1, -0.05) is 30.3 Å². The summed E-state index contributed by atoms with van der Waals surface area (Å²) in [6, 6.07) is 13.9. The molecule has 2 aromatic rings. The molecule has 1 saturated heterocycles. The summed E-state index contributed by atoms with van der Waals surface area (Å²) in [7, 11) is 1.62. The normalized spacial score (nSPS) is 14.6. The molecule has 1 fully saturated rings. The van der Waals surface area contributed by atoms with E-state index in [-0.39, 0.29) is 30.0 Å². The topological polar surface area (TPSA) is 58.6 Å². The third-order valence-corrected chi connectivity index (χ3v) is 5.14. The molecule has 0 aromatic heterocycles. The van der Waals surface area contributed by atoms with Crippen molar-refractivity contribution in [1.29, 1.82) is 0 Å². The minimum absolute atomic E-state index is 0.0111. The lowest BCUT2D eigenvalue weighted by Gasteiger charge is -2.31. The van der Waals surface area contributed by atoms with Gasteiger partial charge in [-0.25, -0.2) is 4.39 Å². The first-order chi connectivity index (χ1) is 13.6. The highest BCUT2D eigenvalue weighted by Crippen LogP contribution is 2.19. The molecule has 2 aromatic carbocycles. The molecular weight excluding hydrogens is 359 g/mol. The summed E-state index contributed by atoms with van der Waals surface area (Å²) in [5, 5.41) is 2.96. The second kappa shape index (κ2) is 9.35. The van der Waals surface area contributed by atoms with Gasteiger partial charge in [0.2, 0.25) is 11.8 Å². The van der Waals surface area contributed by atoms with Crippen molar-refractivity contribution in [1.82, 2.24) is 10.2 Å². The Hall–Kier alpha value is -2.89. The van der Waals surface area contributed by atoms with E-state index >= 15 is 0 Å². The lowest BCUT2D eigenvalue weighted by molar-refractivity contribution is -0.135. The zero-order valence-electron chi connectivity index (χ0n) is 16.0. The van der Waals surface area contributed by atoms with Crippen LogP contribution in [0.1, 0.15) is 24.0 Å². The smallest absolute Gasteiger partial charge is 0.227 e. The molecule has 0 bridgehead atoms. The van der Waals surface area contributed by atoms with Gasteiger partial charge in [0.15, 0.2) is 0 Å². The van der Waals surface area contributed by atoms with Gasteiger partial charge in [0.05, 0.1) is 13.5 Å². The maximum absolute atomic E-state index is 13.7. The third-order valence-electron chi connectivity index (χ3n) is 5.14. The van der Waals surface area contributed by atoms with Crippen LogP contribution in [0.2, 0.25) is 0 Å². The molecule has 148 valence electrons. The van der Waals surface area contributed by atoms with Gasteiger partial charge < -0.3 is 15.0 Å². The van der Waals surface area contributed by atoms with Crippen molar-refractivity contribution in [2.45, 2.75) is 25.8 Å². The number of benzene rings is 2. The van der Waals surface area contributed by atoms with E-state index in [0.29, 0.717) is 38.0 Å². The Morgan fingerprint density at radius 3 is 2.43 bits per heavy atom. The summed E-state index contributed by atoms with van der Waals surface area (Å²) in [6.45, 7) is 1.51. The highest BCUT2D eigenvalue weighted by molar-refractivity contribution is 5.81. The quantitative estimate of drug-likeness (QED) is 0.833. The van der Waals surface area contributed by atoms with Gasteiger partial charge >= 0.3 is 0 Å². The van der Waals surface area contributed by atoms with Crippen molar-refractivity contribution < 1.29 is 18.7 Å². The number of hydrogen-bond acceptors (Lipinski definition) is 3. The van der Waals surface area contributed by atoms with Gasteiger partial charge in [-0.15, -0.1) is 0 Å². The maximum atomic E-state index is 13.7. The van der Waals surface area contributed by atoms with Crippen LogP contribution >= 0.6 is 0 Å². The molecule has 1 aliphatic rings. The molecule has 5 nitrogen and oxygen atoms in total. The van der Waals surface area contributed by atoms with Crippen LogP contribution in [0.25, 0.3) is 0 Å². The van der Waals surface area contributed by atoms with E-state index in [1.165, 1.54) is 6.07 Å². The van der Waals surface area contributed by atoms with Crippen molar-refractivity contribution in [2.75, 3.05) is 20.2 Å². The van der Waals surface area contributed by atoms with Gasteiger partial charge in [-0.05, 0) is 42.2 Å². The Morgan fingerprint density at radius 1 is 1.11 bits per heavy atom. The number of hydrogen-bond donors (Lipinski definition) is 1. The van der Waals surface area contributed by atoms with Crippen LogP contribution < -0.4 is 10.1 Å². The van der Waals surface area contributed by atoms with Crippen LogP contribution in [0.5, 0.6) is 5.75 Å². The van der Waals surface area contributed by atoms with Gasteiger partial charge in [0, 0.05) is 25.6 Å². The largest absolute Gasteiger partial charge is 0.497 e. The molecule has 2 amide bonds. The molecule has 1 aliphatic heterocycles. The number of rotatable bonds is 6. The summed E-state index contributed by atoms with van der Waals surface area (Å²) in [5.41, 5.74) is 1.42. The Kier molecular flexibility index (Phi) is 6.63. The summed E-state index contributed by atoms with van der Waals surface area (Å²) < 4.78 is 18.8. The Morgan fingerprint density at radius 2 is 1.79 bits per heavy atom. The molecule has 6 heteroatoms. The number of carbonyl (C=O) groups excluding carboxylic acids is 2. The number of likely N-dealkylation sites (tertiary alicyclic amines) is 1. The minimum atomic E-state index is -0.358. The number of amides is 2. The highest BCUT2D eigenvalue weighted by Gasteiger charge is 2.27. The zero-order chi connectivity index (χ0) is 19.9. The van der Waals surface area contributed by atoms with Gasteiger partial charge in [-0.3, -0.25) is 9.59 Å². The average Bonchev–Trinajstić information content (AvgIpc) is 2.74. The first-order valence-electron chi connectivity index (χ1n) is 9.48. The second-order valence-electron chi connectivity index (χ2n) is 6.99. The maximum Gasteiger partial charge on any atom is 0.227 e. The molecule has 0 spiro atoms. The second-order valence-corrected chi connectivity index (χ2v) is 6.99. The fourth-order valence-electron chi connectivity index (χ4n) is 3.38. The lowest BCUT2D eigenvalue weighted by atomic mass is 9.95. The number of methoxy groups -OCH3 is 1. The first-order valence-corrected chi connectivity index (χ1v) is 9.48. The van der Waals surface area contributed by atoms with E-state index < -0.39 is 0 Å². The predicted octanol–water partition coefficient (Wildman–Crippen LogP) is 2.93. The summed E-state index contributed by atoms with van der Waals surface area (Å²) in [6.07, 6.45) is 1.30. The van der Waals surface area contributed by atoms with Crippen LogP contribution in [0.4, 0.5) is 4.39 Å². The van der Waals surface area contributed by atoms with Crippen LogP contribution in [0.3, 0.4) is 0 Å². The van der Waals surface area contributed by atoms with E-state index in [2.05, 4.69) is 5.32 Å². The Bertz CT molecular complexity index is 815. The van der Waals surface area contributed by atoms with Crippen LogP contribution in [-0.2, 0) is 22.6 Å². The fourth-order valence-corrected chi connectivity index (χ4v) is 3.38. The number of ether oxygens (including phenoxy) is 1. The summed E-state index contributed by atoms with van der Waals surface area (Å²) >= 11 is 0. The van der Waals surface area contributed by atoms with Crippen LogP contribution in [0, 0.1) is 11.7 Å². The lowest BCUT2D eigenvalue weighted by Crippen LogP contribution is -2.43. The first kappa shape index (κ1) is 19.9. The molecule has 1 heterocycles. The molecule has 1 N–H and O–H groups in total. The van der Waals surface area contributed by atoms with Crippen LogP contribution in [0.15, 0.2) is 48.5 Å². The molecule has 0 saturated carbocycles. The number of carbonyl (C=O) groups is 2. The van der Waals surface area contributed by atoms with E-state index in [1.54, 1.807) is 30.2 Å². The van der Waals surface area contributed by atoms with Crippen molar-refractivity contribution >= 4 is 11.8 Å². The van der Waals surface area contributed by atoms with Gasteiger partial charge in [0.25, 0.3) is 0 Å². The monoisotopic (exact) mass is 384 g/mol. The number of piperidine rings is 1. The molecule has 28 heavy (non-hydrogen) atoms. The fraction of sp³-hybridized carbons (Fsp3) is 0.364. The molecule has 0 radical (unpaired) electrons. The van der Waals surface area contributed by atoms with E-state index in [9.17, 15) is 14.0 Å².